The molecule has 0 saturated heterocycles. The van der Waals surface area contributed by atoms with Gasteiger partial charge in [-0.05, 0) is 48.2 Å². The van der Waals surface area contributed by atoms with Crippen LogP contribution in [0.3, 0.4) is 0 Å². The van der Waals surface area contributed by atoms with Crippen LogP contribution >= 0.6 is 11.8 Å². The summed E-state index contributed by atoms with van der Waals surface area (Å²) in [5.74, 6) is 0.120. The largest absolute Gasteiger partial charge is 0.465 e. The first kappa shape index (κ1) is 20.0. The van der Waals surface area contributed by atoms with Crippen LogP contribution in [0.4, 0.5) is 0 Å². The molecule has 0 aromatic heterocycles. The molecule has 138 valence electrons. The van der Waals surface area contributed by atoms with Crippen molar-refractivity contribution < 1.29 is 14.3 Å². The van der Waals surface area contributed by atoms with Crippen molar-refractivity contribution in [1.29, 1.82) is 0 Å². The van der Waals surface area contributed by atoms with Gasteiger partial charge in [-0.15, -0.1) is 11.8 Å². The second-order valence-corrected chi connectivity index (χ2v) is 7.80. The van der Waals surface area contributed by atoms with Gasteiger partial charge < -0.3 is 10.1 Å². The van der Waals surface area contributed by atoms with Crippen LogP contribution in [0.2, 0.25) is 0 Å². The molecule has 4 nitrogen and oxygen atoms in total. The second kappa shape index (κ2) is 9.43. The number of methoxy groups -OCH3 is 1. The van der Waals surface area contributed by atoms with Gasteiger partial charge in [-0.25, -0.2) is 4.79 Å². The zero-order chi connectivity index (χ0) is 19.1. The predicted octanol–water partition coefficient (Wildman–Crippen LogP) is 4.39. The van der Waals surface area contributed by atoms with Gasteiger partial charge in [0.05, 0.1) is 17.9 Å². The molecule has 2 aromatic carbocycles. The Balaban J connectivity index is 1.85. The van der Waals surface area contributed by atoms with Gasteiger partial charge in [0.2, 0.25) is 5.91 Å². The van der Waals surface area contributed by atoms with Crippen LogP contribution < -0.4 is 5.32 Å². The first-order valence-corrected chi connectivity index (χ1v) is 9.50. The van der Waals surface area contributed by atoms with E-state index in [9.17, 15) is 9.59 Å². The highest BCUT2D eigenvalue weighted by molar-refractivity contribution is 8.00. The number of carbonyl (C=O) groups excluding carboxylic acids is 2. The maximum Gasteiger partial charge on any atom is 0.337 e. The lowest BCUT2D eigenvalue weighted by Gasteiger charge is -2.13. The van der Waals surface area contributed by atoms with Gasteiger partial charge in [-0.2, -0.15) is 0 Å². The molecule has 1 amide bonds. The van der Waals surface area contributed by atoms with E-state index in [1.54, 1.807) is 23.9 Å². The van der Waals surface area contributed by atoms with E-state index in [-0.39, 0.29) is 17.1 Å². The third kappa shape index (κ3) is 5.63. The van der Waals surface area contributed by atoms with Crippen molar-refractivity contribution in [3.05, 3.63) is 65.2 Å². The highest BCUT2D eigenvalue weighted by Crippen LogP contribution is 2.25. The lowest BCUT2D eigenvalue weighted by molar-refractivity contribution is -0.120. The molecule has 0 bridgehead atoms. The highest BCUT2D eigenvalue weighted by Gasteiger charge is 2.14. The normalized spacial score (nSPS) is 11.9. The molecule has 0 radical (unpaired) electrons. The zero-order valence-electron chi connectivity index (χ0n) is 15.6. The molecular weight excluding hydrogens is 346 g/mol. The van der Waals surface area contributed by atoms with Gasteiger partial charge in [0, 0.05) is 11.4 Å². The van der Waals surface area contributed by atoms with E-state index in [2.05, 4.69) is 48.2 Å². The Kier molecular flexibility index (Phi) is 7.27. The van der Waals surface area contributed by atoms with E-state index in [0.717, 1.165) is 10.5 Å². The molecule has 0 aliphatic rings. The Hall–Kier alpha value is -2.27. The van der Waals surface area contributed by atoms with E-state index in [1.165, 1.54) is 12.7 Å². The average molecular weight is 372 g/mol. The number of hydrogen-bond acceptors (Lipinski definition) is 4. The molecule has 26 heavy (non-hydrogen) atoms. The van der Waals surface area contributed by atoms with Crippen LogP contribution in [-0.4, -0.2) is 24.2 Å². The Morgan fingerprint density at radius 3 is 2.15 bits per heavy atom. The molecule has 0 fully saturated rings. The van der Waals surface area contributed by atoms with Crippen molar-refractivity contribution in [1.82, 2.24) is 5.32 Å². The number of ether oxygens (including phenoxy) is 1. The minimum atomic E-state index is -0.367. The number of amides is 1. The first-order valence-electron chi connectivity index (χ1n) is 8.62. The van der Waals surface area contributed by atoms with Crippen molar-refractivity contribution in [2.45, 2.75) is 43.4 Å². The third-order valence-corrected chi connectivity index (χ3v) is 5.18. The molecule has 2 aromatic rings. The average Bonchev–Trinajstić information content (AvgIpc) is 2.66. The molecule has 0 spiro atoms. The van der Waals surface area contributed by atoms with Gasteiger partial charge in [0.25, 0.3) is 0 Å². The number of hydrogen-bond donors (Lipinski definition) is 1. The van der Waals surface area contributed by atoms with E-state index < -0.39 is 0 Å². The Morgan fingerprint density at radius 1 is 1.00 bits per heavy atom. The fraction of sp³-hybridized carbons (Fsp3) is 0.333. The molecule has 0 aliphatic heterocycles. The molecule has 1 unspecified atom stereocenters. The van der Waals surface area contributed by atoms with Crippen LogP contribution in [0.1, 0.15) is 48.2 Å². The van der Waals surface area contributed by atoms with Crippen LogP contribution in [-0.2, 0) is 16.1 Å². The molecule has 0 saturated carbocycles. The molecule has 1 N–H and O–H groups in total. The topological polar surface area (TPSA) is 55.4 Å². The highest BCUT2D eigenvalue weighted by atomic mass is 32.2. The minimum Gasteiger partial charge on any atom is -0.465 e. The maximum absolute atomic E-state index is 12.3. The second-order valence-electron chi connectivity index (χ2n) is 6.39. The third-order valence-electron chi connectivity index (χ3n) is 4.07. The fourth-order valence-corrected chi connectivity index (χ4v) is 3.29. The van der Waals surface area contributed by atoms with Crippen LogP contribution in [0.15, 0.2) is 53.4 Å². The summed E-state index contributed by atoms with van der Waals surface area (Å²) in [5.41, 5.74) is 2.72. The first-order chi connectivity index (χ1) is 12.4. The molecule has 1 atom stereocenters. The van der Waals surface area contributed by atoms with Crippen molar-refractivity contribution in [2.24, 2.45) is 0 Å². The summed E-state index contributed by atoms with van der Waals surface area (Å²) in [6.45, 7) is 6.65. The number of rotatable bonds is 7. The van der Waals surface area contributed by atoms with E-state index in [0.29, 0.717) is 18.0 Å². The van der Waals surface area contributed by atoms with Crippen molar-refractivity contribution in [3.63, 3.8) is 0 Å². The number of thioether (sulfide) groups is 1. The smallest absolute Gasteiger partial charge is 0.337 e. The fourth-order valence-electron chi connectivity index (χ4n) is 2.40. The van der Waals surface area contributed by atoms with Crippen molar-refractivity contribution in [3.8, 4) is 0 Å². The SMILES string of the molecule is COC(=O)c1ccc(CNC(=O)C(C)Sc2ccc(C(C)C)cc2)cc1. The molecule has 0 heterocycles. The summed E-state index contributed by atoms with van der Waals surface area (Å²) in [6, 6.07) is 15.4. The minimum absolute atomic E-state index is 0.0139. The van der Waals surface area contributed by atoms with Crippen LogP contribution in [0.5, 0.6) is 0 Å². The summed E-state index contributed by atoms with van der Waals surface area (Å²) in [4.78, 5) is 24.8. The number of nitrogens with one attached hydrogen (secondary N) is 1. The molecule has 0 aliphatic carbocycles. The van der Waals surface area contributed by atoms with Crippen molar-refractivity contribution >= 4 is 23.6 Å². The number of benzene rings is 2. The molecular formula is C21H25NO3S. The zero-order valence-corrected chi connectivity index (χ0v) is 16.4. The van der Waals surface area contributed by atoms with Gasteiger partial charge in [-0.3, -0.25) is 4.79 Å². The summed E-state index contributed by atoms with van der Waals surface area (Å²) in [7, 11) is 1.35. The van der Waals surface area contributed by atoms with Gasteiger partial charge >= 0.3 is 5.97 Å². The predicted molar refractivity (Wildman–Crippen MR) is 105 cm³/mol. The summed E-state index contributed by atoms with van der Waals surface area (Å²) < 4.78 is 4.67. The van der Waals surface area contributed by atoms with Crippen LogP contribution in [0, 0.1) is 0 Å². The van der Waals surface area contributed by atoms with Crippen LogP contribution in [0.25, 0.3) is 0 Å². The number of carbonyl (C=O) groups is 2. The molecule has 2 rings (SSSR count). The van der Waals surface area contributed by atoms with E-state index >= 15 is 0 Å². The van der Waals surface area contributed by atoms with Gasteiger partial charge in [-0.1, -0.05) is 38.1 Å². The summed E-state index contributed by atoms with van der Waals surface area (Å²) >= 11 is 1.54. The summed E-state index contributed by atoms with van der Waals surface area (Å²) in [5, 5.41) is 2.75. The standard InChI is InChI=1S/C21H25NO3S/c1-14(2)17-9-11-19(12-10-17)26-15(3)20(23)22-13-16-5-7-18(8-6-16)21(24)25-4/h5-12,14-15H,13H2,1-4H3,(H,22,23). The molecule has 5 heteroatoms. The maximum atomic E-state index is 12.3. The lowest BCUT2D eigenvalue weighted by atomic mass is 10.0. The quantitative estimate of drug-likeness (QED) is 0.579. The van der Waals surface area contributed by atoms with E-state index in [4.69, 9.17) is 0 Å². The number of esters is 1. The summed E-state index contributed by atoms with van der Waals surface area (Å²) in [6.07, 6.45) is 0. The monoisotopic (exact) mass is 371 g/mol. The van der Waals surface area contributed by atoms with Gasteiger partial charge in [0.15, 0.2) is 0 Å². The Morgan fingerprint density at radius 2 is 1.62 bits per heavy atom. The van der Waals surface area contributed by atoms with Gasteiger partial charge in [0.1, 0.15) is 0 Å². The lowest BCUT2D eigenvalue weighted by Crippen LogP contribution is -2.30. The van der Waals surface area contributed by atoms with E-state index in [1.807, 2.05) is 19.1 Å². The Labute approximate surface area is 159 Å². The Bertz CT molecular complexity index is 739. The van der Waals surface area contributed by atoms with Crippen molar-refractivity contribution in [2.75, 3.05) is 7.11 Å².